The maximum atomic E-state index is 12.8. The highest BCUT2D eigenvalue weighted by atomic mass is 16.2. The molecule has 0 radical (unpaired) electrons. The van der Waals surface area contributed by atoms with E-state index in [1.807, 2.05) is 4.90 Å². The number of likely N-dealkylation sites (tertiary alicyclic amines) is 1. The molecule has 0 unspecified atom stereocenters. The monoisotopic (exact) mass is 295 g/mol. The van der Waals surface area contributed by atoms with E-state index in [9.17, 15) is 9.59 Å². The molecule has 0 bridgehead atoms. The average molecular weight is 295 g/mol. The Morgan fingerprint density at radius 3 is 2.38 bits per heavy atom. The Morgan fingerprint density at radius 2 is 1.86 bits per heavy atom. The summed E-state index contributed by atoms with van der Waals surface area (Å²) in [6.45, 7) is 7.18. The van der Waals surface area contributed by atoms with Gasteiger partial charge in [-0.25, -0.2) is 0 Å². The predicted molar refractivity (Wildman–Crippen MR) is 82.9 cm³/mol. The molecule has 5 heteroatoms. The van der Waals surface area contributed by atoms with Gasteiger partial charge in [0.25, 0.3) is 0 Å². The predicted octanol–water partition coefficient (Wildman–Crippen LogP) is 1.28. The Kier molecular flexibility index (Phi) is 5.62. The first-order chi connectivity index (χ1) is 10.1. The van der Waals surface area contributed by atoms with E-state index in [1.165, 1.54) is 0 Å². The van der Waals surface area contributed by atoms with E-state index in [1.54, 1.807) is 6.92 Å². The lowest BCUT2D eigenvalue weighted by Crippen LogP contribution is -2.53. The van der Waals surface area contributed by atoms with Crippen molar-refractivity contribution in [2.45, 2.75) is 58.4 Å². The summed E-state index contributed by atoms with van der Waals surface area (Å²) in [5, 5.41) is 6.62. The van der Waals surface area contributed by atoms with Gasteiger partial charge >= 0.3 is 0 Å². The van der Waals surface area contributed by atoms with Gasteiger partial charge in [-0.2, -0.15) is 0 Å². The average Bonchev–Trinajstić information content (AvgIpc) is 2.49. The number of hydrogen-bond donors (Lipinski definition) is 2. The van der Waals surface area contributed by atoms with Crippen LogP contribution in [0.4, 0.5) is 0 Å². The maximum Gasteiger partial charge on any atom is 0.226 e. The number of rotatable bonds is 4. The van der Waals surface area contributed by atoms with Gasteiger partial charge in [-0.3, -0.25) is 9.59 Å². The van der Waals surface area contributed by atoms with Crippen molar-refractivity contribution in [3.05, 3.63) is 0 Å². The number of amides is 2. The number of piperidine rings is 2. The van der Waals surface area contributed by atoms with Crippen molar-refractivity contribution in [1.29, 1.82) is 0 Å². The van der Waals surface area contributed by atoms with Crippen LogP contribution in [0.15, 0.2) is 0 Å². The summed E-state index contributed by atoms with van der Waals surface area (Å²) >= 11 is 0. The lowest BCUT2D eigenvalue weighted by atomic mass is 9.74. The lowest BCUT2D eigenvalue weighted by Gasteiger charge is -2.39. The maximum absolute atomic E-state index is 12.8. The Balaban J connectivity index is 1.89. The minimum atomic E-state index is -0.169. The smallest absolute Gasteiger partial charge is 0.226 e. The second-order valence-electron chi connectivity index (χ2n) is 6.53. The Morgan fingerprint density at radius 1 is 1.24 bits per heavy atom. The minimum Gasteiger partial charge on any atom is -0.353 e. The molecular weight excluding hydrogens is 266 g/mol. The highest BCUT2D eigenvalue weighted by Gasteiger charge is 2.39. The number of carbonyl (C=O) groups is 2. The van der Waals surface area contributed by atoms with Crippen molar-refractivity contribution in [3.63, 3.8) is 0 Å². The Bertz CT molecular complexity index is 364. The van der Waals surface area contributed by atoms with Gasteiger partial charge in [0.1, 0.15) is 0 Å². The van der Waals surface area contributed by atoms with Gasteiger partial charge in [-0.1, -0.05) is 13.3 Å². The summed E-state index contributed by atoms with van der Waals surface area (Å²) in [6.07, 6.45) is 5.68. The molecule has 2 saturated heterocycles. The second kappa shape index (κ2) is 7.25. The van der Waals surface area contributed by atoms with Crippen LogP contribution in [0.2, 0.25) is 0 Å². The van der Waals surface area contributed by atoms with Crippen molar-refractivity contribution < 1.29 is 9.59 Å². The van der Waals surface area contributed by atoms with E-state index >= 15 is 0 Å². The van der Waals surface area contributed by atoms with Gasteiger partial charge in [-0.05, 0) is 45.2 Å². The number of nitrogens with one attached hydrogen (secondary N) is 2. The molecule has 0 aromatic rings. The topological polar surface area (TPSA) is 61.4 Å². The van der Waals surface area contributed by atoms with E-state index in [0.717, 1.165) is 64.7 Å². The Labute approximate surface area is 127 Å². The molecule has 0 atom stereocenters. The van der Waals surface area contributed by atoms with Gasteiger partial charge < -0.3 is 15.5 Å². The molecule has 2 amide bonds. The minimum absolute atomic E-state index is 0.139. The van der Waals surface area contributed by atoms with Crippen LogP contribution in [0.25, 0.3) is 0 Å². The van der Waals surface area contributed by atoms with Crippen LogP contribution in [0.1, 0.15) is 52.4 Å². The van der Waals surface area contributed by atoms with E-state index in [4.69, 9.17) is 0 Å². The van der Waals surface area contributed by atoms with Crippen LogP contribution in [-0.4, -0.2) is 48.9 Å². The van der Waals surface area contributed by atoms with Gasteiger partial charge in [0, 0.05) is 26.1 Å². The molecule has 2 rings (SSSR count). The van der Waals surface area contributed by atoms with Crippen LogP contribution in [0.5, 0.6) is 0 Å². The van der Waals surface area contributed by atoms with Crippen molar-refractivity contribution in [2.24, 2.45) is 5.41 Å². The van der Waals surface area contributed by atoms with Crippen molar-refractivity contribution in [1.82, 2.24) is 15.5 Å². The SMILES string of the molecule is CCCC1(C(=O)NC2CCN(C(C)=O)CC2)CCNCC1. The van der Waals surface area contributed by atoms with Gasteiger partial charge in [0.2, 0.25) is 11.8 Å². The van der Waals surface area contributed by atoms with Crippen molar-refractivity contribution >= 4 is 11.8 Å². The third-order valence-corrected chi connectivity index (χ3v) is 5.05. The first-order valence-corrected chi connectivity index (χ1v) is 8.34. The molecule has 120 valence electrons. The third kappa shape index (κ3) is 3.96. The molecule has 5 nitrogen and oxygen atoms in total. The first kappa shape index (κ1) is 16.3. The van der Waals surface area contributed by atoms with E-state index in [-0.39, 0.29) is 23.3 Å². The molecule has 0 aromatic heterocycles. The summed E-state index contributed by atoms with van der Waals surface area (Å²) in [6, 6.07) is 0.233. The quantitative estimate of drug-likeness (QED) is 0.821. The number of carbonyl (C=O) groups excluding carboxylic acids is 2. The molecular formula is C16H29N3O2. The molecule has 2 N–H and O–H groups in total. The fraction of sp³-hybridized carbons (Fsp3) is 0.875. The van der Waals surface area contributed by atoms with E-state index in [2.05, 4.69) is 17.6 Å². The van der Waals surface area contributed by atoms with Crippen LogP contribution in [-0.2, 0) is 9.59 Å². The molecule has 0 spiro atoms. The zero-order valence-electron chi connectivity index (χ0n) is 13.4. The van der Waals surface area contributed by atoms with Crippen molar-refractivity contribution in [3.8, 4) is 0 Å². The van der Waals surface area contributed by atoms with Gasteiger partial charge in [0.15, 0.2) is 0 Å². The molecule has 2 aliphatic heterocycles. The molecule has 2 aliphatic rings. The molecule has 2 heterocycles. The van der Waals surface area contributed by atoms with Gasteiger partial charge in [0.05, 0.1) is 5.41 Å². The van der Waals surface area contributed by atoms with Crippen LogP contribution in [0, 0.1) is 5.41 Å². The first-order valence-electron chi connectivity index (χ1n) is 8.34. The zero-order chi connectivity index (χ0) is 15.3. The molecule has 21 heavy (non-hydrogen) atoms. The summed E-state index contributed by atoms with van der Waals surface area (Å²) in [7, 11) is 0. The van der Waals surface area contributed by atoms with E-state index in [0.29, 0.717) is 0 Å². The molecule has 2 fully saturated rings. The zero-order valence-corrected chi connectivity index (χ0v) is 13.4. The normalized spacial score (nSPS) is 22.9. The molecule has 0 aromatic carbocycles. The van der Waals surface area contributed by atoms with Crippen LogP contribution >= 0.6 is 0 Å². The molecule has 0 saturated carbocycles. The fourth-order valence-electron chi connectivity index (χ4n) is 3.65. The molecule has 0 aliphatic carbocycles. The Hall–Kier alpha value is -1.10. The van der Waals surface area contributed by atoms with Crippen molar-refractivity contribution in [2.75, 3.05) is 26.2 Å². The largest absolute Gasteiger partial charge is 0.353 e. The summed E-state index contributed by atoms with van der Waals surface area (Å²) < 4.78 is 0. The highest BCUT2D eigenvalue weighted by Crippen LogP contribution is 2.34. The van der Waals surface area contributed by atoms with Crippen LogP contribution < -0.4 is 10.6 Å². The fourth-order valence-corrected chi connectivity index (χ4v) is 3.65. The number of hydrogen-bond acceptors (Lipinski definition) is 3. The van der Waals surface area contributed by atoms with Crippen LogP contribution in [0.3, 0.4) is 0 Å². The summed E-state index contributed by atoms with van der Waals surface area (Å²) in [5.41, 5.74) is -0.169. The summed E-state index contributed by atoms with van der Waals surface area (Å²) in [4.78, 5) is 26.0. The van der Waals surface area contributed by atoms with Gasteiger partial charge in [-0.15, -0.1) is 0 Å². The number of nitrogens with zero attached hydrogens (tertiary/aromatic N) is 1. The standard InChI is InChI=1S/C16H29N3O2/c1-3-6-16(7-9-17-10-8-16)15(21)18-14-4-11-19(12-5-14)13(2)20/h14,17H,3-12H2,1-2H3,(H,18,21). The highest BCUT2D eigenvalue weighted by molar-refractivity contribution is 5.83. The third-order valence-electron chi connectivity index (χ3n) is 5.05. The lowest BCUT2D eigenvalue weighted by molar-refractivity contribution is -0.134. The summed E-state index contributed by atoms with van der Waals surface area (Å²) in [5.74, 6) is 0.382. The second-order valence-corrected chi connectivity index (χ2v) is 6.53. The van der Waals surface area contributed by atoms with E-state index < -0.39 is 0 Å².